The molecule has 21 heavy (non-hydrogen) atoms. The molecule has 4 rings (SSSR count). The molecule has 2 aromatic rings. The molecule has 112 valence electrons. The van der Waals surface area contributed by atoms with Gasteiger partial charge < -0.3 is 15.2 Å². The SMILES string of the molecule is Cn1c(=O)c2[nH]c(N3CC[C@H]4CNC[C@H]43)nc2n(C)c1=O. The minimum Gasteiger partial charge on any atom is -0.338 e. The Balaban J connectivity index is 1.88. The van der Waals surface area contributed by atoms with Gasteiger partial charge in [-0.1, -0.05) is 0 Å². The van der Waals surface area contributed by atoms with E-state index < -0.39 is 0 Å². The van der Waals surface area contributed by atoms with Gasteiger partial charge in [-0.25, -0.2) is 4.79 Å². The van der Waals surface area contributed by atoms with Crippen molar-refractivity contribution in [3.8, 4) is 0 Å². The molecule has 2 aliphatic heterocycles. The highest BCUT2D eigenvalue weighted by atomic mass is 16.2. The third-order valence-electron chi connectivity index (χ3n) is 4.80. The van der Waals surface area contributed by atoms with Crippen LogP contribution in [0.4, 0.5) is 5.95 Å². The summed E-state index contributed by atoms with van der Waals surface area (Å²) in [6, 6.07) is 0.423. The average molecular weight is 290 g/mol. The van der Waals surface area contributed by atoms with E-state index in [0.29, 0.717) is 29.1 Å². The van der Waals surface area contributed by atoms with Crippen LogP contribution < -0.4 is 21.5 Å². The van der Waals surface area contributed by atoms with Crippen molar-refractivity contribution in [2.24, 2.45) is 20.0 Å². The van der Waals surface area contributed by atoms with Crippen molar-refractivity contribution >= 4 is 17.1 Å². The predicted octanol–water partition coefficient (Wildman–Crippen LogP) is -1.24. The normalized spacial score (nSPS) is 25.0. The maximum atomic E-state index is 12.2. The number of aryl methyl sites for hydroxylation is 1. The molecule has 8 heteroatoms. The van der Waals surface area contributed by atoms with Gasteiger partial charge in [0.25, 0.3) is 5.56 Å². The summed E-state index contributed by atoms with van der Waals surface area (Å²) in [6.07, 6.45) is 1.13. The topological polar surface area (TPSA) is 87.9 Å². The second kappa shape index (κ2) is 4.20. The summed E-state index contributed by atoms with van der Waals surface area (Å²) in [4.78, 5) is 34.0. The smallest absolute Gasteiger partial charge is 0.332 e. The number of H-pyrrole nitrogens is 1. The van der Waals surface area contributed by atoms with E-state index in [0.717, 1.165) is 30.6 Å². The highest BCUT2D eigenvalue weighted by Gasteiger charge is 2.39. The third-order valence-corrected chi connectivity index (χ3v) is 4.80. The molecule has 0 saturated carbocycles. The Labute approximate surface area is 120 Å². The van der Waals surface area contributed by atoms with E-state index in [4.69, 9.17) is 0 Å². The zero-order valence-electron chi connectivity index (χ0n) is 12.1. The Bertz CT molecular complexity index is 832. The summed E-state index contributed by atoms with van der Waals surface area (Å²) in [6.45, 7) is 2.92. The molecular weight excluding hydrogens is 272 g/mol. The first-order chi connectivity index (χ1) is 10.1. The van der Waals surface area contributed by atoms with Gasteiger partial charge in [0.2, 0.25) is 5.95 Å². The van der Waals surface area contributed by atoms with Crippen LogP contribution in [0.5, 0.6) is 0 Å². The van der Waals surface area contributed by atoms with Crippen molar-refractivity contribution in [1.82, 2.24) is 24.4 Å². The summed E-state index contributed by atoms with van der Waals surface area (Å²) in [5.41, 5.74) is 0.135. The summed E-state index contributed by atoms with van der Waals surface area (Å²) in [5.74, 6) is 1.34. The first-order valence-corrected chi connectivity index (χ1v) is 7.21. The number of anilines is 1. The maximum absolute atomic E-state index is 12.2. The number of imidazole rings is 1. The lowest BCUT2D eigenvalue weighted by Gasteiger charge is -2.22. The number of nitrogens with zero attached hydrogens (tertiary/aromatic N) is 4. The molecular formula is C13H18N6O2. The molecule has 8 nitrogen and oxygen atoms in total. The molecule has 0 spiro atoms. The van der Waals surface area contributed by atoms with Crippen molar-refractivity contribution < 1.29 is 0 Å². The van der Waals surface area contributed by atoms with Crippen LogP contribution in [0, 0.1) is 5.92 Å². The lowest BCUT2D eigenvalue weighted by Crippen LogP contribution is -2.36. The van der Waals surface area contributed by atoms with Gasteiger partial charge in [0.1, 0.15) is 0 Å². The number of hydrogen-bond donors (Lipinski definition) is 2. The van der Waals surface area contributed by atoms with Crippen LogP contribution in [-0.4, -0.2) is 44.8 Å². The second-order valence-corrected chi connectivity index (χ2v) is 5.93. The van der Waals surface area contributed by atoms with Crippen molar-refractivity contribution in [3.05, 3.63) is 20.8 Å². The first-order valence-electron chi connectivity index (χ1n) is 7.21. The van der Waals surface area contributed by atoms with E-state index in [9.17, 15) is 9.59 Å². The molecule has 2 aliphatic rings. The Morgan fingerprint density at radius 2 is 2.00 bits per heavy atom. The van der Waals surface area contributed by atoms with Crippen LogP contribution in [0.1, 0.15) is 6.42 Å². The predicted molar refractivity (Wildman–Crippen MR) is 78.7 cm³/mol. The van der Waals surface area contributed by atoms with E-state index in [1.165, 1.54) is 11.6 Å². The van der Waals surface area contributed by atoms with Gasteiger partial charge in [0.05, 0.1) is 0 Å². The highest BCUT2D eigenvalue weighted by Crippen LogP contribution is 2.30. The summed E-state index contributed by atoms with van der Waals surface area (Å²) in [5, 5.41) is 3.39. The fourth-order valence-electron chi connectivity index (χ4n) is 3.56. The molecule has 0 radical (unpaired) electrons. The summed E-state index contributed by atoms with van der Waals surface area (Å²) >= 11 is 0. The fraction of sp³-hybridized carbons (Fsp3) is 0.615. The lowest BCUT2D eigenvalue weighted by atomic mass is 10.1. The van der Waals surface area contributed by atoms with Crippen molar-refractivity contribution in [2.45, 2.75) is 12.5 Å². The number of fused-ring (bicyclic) bond motifs is 2. The van der Waals surface area contributed by atoms with Crippen LogP contribution in [0.2, 0.25) is 0 Å². The van der Waals surface area contributed by atoms with Crippen molar-refractivity contribution in [2.75, 3.05) is 24.5 Å². The average Bonchev–Trinajstić information content (AvgIpc) is 3.16. The van der Waals surface area contributed by atoms with E-state index in [-0.39, 0.29) is 11.2 Å². The Morgan fingerprint density at radius 3 is 2.81 bits per heavy atom. The molecule has 0 unspecified atom stereocenters. The zero-order valence-corrected chi connectivity index (χ0v) is 12.1. The van der Waals surface area contributed by atoms with Crippen LogP contribution in [0.25, 0.3) is 11.2 Å². The molecule has 4 heterocycles. The van der Waals surface area contributed by atoms with E-state index in [1.807, 2.05) is 0 Å². The van der Waals surface area contributed by atoms with Crippen molar-refractivity contribution in [3.63, 3.8) is 0 Å². The number of aromatic amines is 1. The minimum absolute atomic E-state index is 0.327. The van der Waals surface area contributed by atoms with Crippen LogP contribution in [0.15, 0.2) is 9.59 Å². The number of rotatable bonds is 1. The Hall–Kier alpha value is -2.09. The monoisotopic (exact) mass is 290 g/mol. The quantitative estimate of drug-likeness (QED) is 0.686. The lowest BCUT2D eigenvalue weighted by molar-refractivity contribution is 0.576. The number of hydrogen-bond acceptors (Lipinski definition) is 5. The van der Waals surface area contributed by atoms with Crippen LogP contribution >= 0.6 is 0 Å². The zero-order chi connectivity index (χ0) is 14.7. The number of aromatic nitrogens is 4. The van der Waals surface area contributed by atoms with E-state index >= 15 is 0 Å². The first kappa shape index (κ1) is 12.6. The van der Waals surface area contributed by atoms with Gasteiger partial charge in [-0.05, 0) is 12.3 Å². The van der Waals surface area contributed by atoms with E-state index in [1.54, 1.807) is 7.05 Å². The molecule has 2 aromatic heterocycles. The molecule has 2 N–H and O–H groups in total. The summed E-state index contributed by atoms with van der Waals surface area (Å²) in [7, 11) is 3.12. The van der Waals surface area contributed by atoms with Crippen LogP contribution in [0.3, 0.4) is 0 Å². The highest BCUT2D eigenvalue weighted by molar-refractivity contribution is 5.73. The van der Waals surface area contributed by atoms with Gasteiger partial charge in [-0.2, -0.15) is 4.98 Å². The van der Waals surface area contributed by atoms with E-state index in [2.05, 4.69) is 20.2 Å². The fourth-order valence-corrected chi connectivity index (χ4v) is 3.56. The molecule has 2 fully saturated rings. The molecule has 0 bridgehead atoms. The molecule has 0 aliphatic carbocycles. The standard InChI is InChI=1S/C13H18N6O2/c1-17-10-9(11(20)18(2)13(17)21)15-12(16-10)19-4-3-7-5-14-6-8(7)19/h7-8,14H,3-6H2,1-2H3,(H,15,16)/t7-,8+/m0/s1. The summed E-state index contributed by atoms with van der Waals surface area (Å²) < 4.78 is 2.52. The Morgan fingerprint density at radius 1 is 1.19 bits per heavy atom. The molecule has 2 saturated heterocycles. The molecule has 0 aromatic carbocycles. The Kier molecular flexibility index (Phi) is 2.53. The molecule has 2 atom stereocenters. The van der Waals surface area contributed by atoms with Gasteiger partial charge in [-0.3, -0.25) is 13.9 Å². The van der Waals surface area contributed by atoms with Gasteiger partial charge >= 0.3 is 5.69 Å². The third kappa shape index (κ3) is 1.62. The minimum atomic E-state index is -0.354. The maximum Gasteiger partial charge on any atom is 0.332 e. The largest absolute Gasteiger partial charge is 0.338 e. The molecule has 0 amide bonds. The van der Waals surface area contributed by atoms with Gasteiger partial charge in [-0.15, -0.1) is 0 Å². The number of nitrogens with one attached hydrogen (secondary N) is 2. The van der Waals surface area contributed by atoms with Crippen LogP contribution in [-0.2, 0) is 14.1 Å². The second-order valence-electron chi connectivity index (χ2n) is 5.93. The van der Waals surface area contributed by atoms with Gasteiger partial charge in [0.15, 0.2) is 11.2 Å². The van der Waals surface area contributed by atoms with Crippen molar-refractivity contribution in [1.29, 1.82) is 0 Å². The van der Waals surface area contributed by atoms with Gasteiger partial charge in [0, 0.05) is 39.8 Å².